The highest BCUT2D eigenvalue weighted by atomic mass is 19.1. The summed E-state index contributed by atoms with van der Waals surface area (Å²) in [6.07, 6.45) is -0.322. The molecule has 0 N–H and O–H groups in total. The Hall–Kier alpha value is -2.30. The van der Waals surface area contributed by atoms with Crippen LogP contribution in [0.4, 0.5) is 13.2 Å². The average molecular weight is 264 g/mol. The zero-order valence-electron chi connectivity index (χ0n) is 9.54. The van der Waals surface area contributed by atoms with Crippen LogP contribution < -0.4 is 4.74 Å². The third-order valence-electron chi connectivity index (χ3n) is 2.93. The molecule has 0 unspecified atom stereocenters. The molecule has 1 aliphatic rings. The van der Waals surface area contributed by atoms with Crippen molar-refractivity contribution < 1.29 is 22.7 Å². The van der Waals surface area contributed by atoms with Crippen LogP contribution in [0.15, 0.2) is 30.3 Å². The Kier molecular flexibility index (Phi) is 2.55. The molecule has 0 amide bonds. The molecule has 0 saturated heterocycles. The summed E-state index contributed by atoms with van der Waals surface area (Å²) in [6, 6.07) is 5.55. The summed E-state index contributed by atoms with van der Waals surface area (Å²) in [5.74, 6) is -3.25. The molecule has 2 aromatic rings. The van der Waals surface area contributed by atoms with Crippen LogP contribution in [0.5, 0.6) is 11.5 Å². The van der Waals surface area contributed by atoms with Gasteiger partial charge < -0.3 is 4.74 Å². The number of halogens is 3. The summed E-state index contributed by atoms with van der Waals surface area (Å²) in [7, 11) is 0. The Morgan fingerprint density at radius 3 is 2.58 bits per heavy atom. The minimum atomic E-state index is -1.01. The summed E-state index contributed by atoms with van der Waals surface area (Å²) in [5.41, 5.74) is -0.305. The maximum Gasteiger partial charge on any atom is 0.174 e. The minimum absolute atomic E-state index is 0.0449. The third-order valence-corrected chi connectivity index (χ3v) is 2.93. The second-order valence-corrected chi connectivity index (χ2v) is 4.18. The Morgan fingerprint density at radius 1 is 1.00 bits per heavy atom. The molecule has 0 aromatic heterocycles. The fraction of sp³-hybridized carbons (Fsp3) is 0.0714. The van der Waals surface area contributed by atoms with Crippen molar-refractivity contribution in [2.45, 2.75) is 6.42 Å². The Bertz CT molecular complexity index is 695. The maximum absolute atomic E-state index is 13.7. The first kappa shape index (κ1) is 11.8. The first-order valence-corrected chi connectivity index (χ1v) is 5.54. The lowest BCUT2D eigenvalue weighted by Crippen LogP contribution is -2.06. The predicted molar refractivity (Wildman–Crippen MR) is 60.9 cm³/mol. The van der Waals surface area contributed by atoms with Crippen LogP contribution in [-0.2, 0) is 6.42 Å². The summed E-state index contributed by atoms with van der Waals surface area (Å²) in [6.45, 7) is 0. The maximum atomic E-state index is 13.7. The van der Waals surface area contributed by atoms with Crippen molar-refractivity contribution in [1.82, 2.24) is 0 Å². The number of hydrogen-bond acceptors (Lipinski definition) is 2. The van der Waals surface area contributed by atoms with Crippen molar-refractivity contribution in [3.8, 4) is 11.5 Å². The highest BCUT2D eigenvalue weighted by molar-refractivity contribution is 6.01. The SMILES string of the molecule is O=C1Cc2c(F)cccc2Oc2cc(F)cc(F)c21. The van der Waals surface area contributed by atoms with Crippen LogP contribution in [0, 0.1) is 17.5 Å². The predicted octanol–water partition coefficient (Wildman–Crippen LogP) is 3.64. The van der Waals surface area contributed by atoms with Crippen molar-refractivity contribution in [2.24, 2.45) is 0 Å². The molecule has 0 saturated carbocycles. The molecule has 0 radical (unpaired) electrons. The van der Waals surface area contributed by atoms with Crippen molar-refractivity contribution in [3.63, 3.8) is 0 Å². The fourth-order valence-electron chi connectivity index (χ4n) is 2.07. The normalized spacial score (nSPS) is 13.3. The summed E-state index contributed by atoms with van der Waals surface area (Å²) >= 11 is 0. The fourth-order valence-corrected chi connectivity index (χ4v) is 2.07. The number of benzene rings is 2. The Labute approximate surface area is 106 Å². The molecule has 1 heterocycles. The molecule has 1 aliphatic heterocycles. The molecular weight excluding hydrogens is 257 g/mol. The standard InChI is InChI=1S/C14H7F3O2/c15-7-4-10(17)14-11(18)6-8-9(16)2-1-3-12(8)19-13(14)5-7/h1-5H,6H2. The number of ketones is 1. The zero-order chi connectivity index (χ0) is 13.6. The molecule has 19 heavy (non-hydrogen) atoms. The average Bonchev–Trinajstić information content (AvgIpc) is 2.46. The quantitative estimate of drug-likeness (QED) is 0.726. The molecule has 96 valence electrons. The van der Waals surface area contributed by atoms with E-state index in [1.54, 1.807) is 0 Å². The lowest BCUT2D eigenvalue weighted by molar-refractivity contribution is 0.0988. The number of carbonyl (C=O) groups excluding carboxylic acids is 1. The third kappa shape index (κ3) is 1.87. The highest BCUT2D eigenvalue weighted by Crippen LogP contribution is 2.36. The molecular formula is C14H7F3O2. The van der Waals surface area contributed by atoms with Gasteiger partial charge in [0.15, 0.2) is 5.78 Å². The smallest absolute Gasteiger partial charge is 0.174 e. The van der Waals surface area contributed by atoms with E-state index in [2.05, 4.69) is 0 Å². The molecule has 5 heteroatoms. The topological polar surface area (TPSA) is 26.3 Å². The first-order chi connectivity index (χ1) is 9.06. The van der Waals surface area contributed by atoms with E-state index in [0.717, 1.165) is 6.07 Å². The summed E-state index contributed by atoms with van der Waals surface area (Å²) in [5, 5.41) is 0. The van der Waals surface area contributed by atoms with Crippen LogP contribution >= 0.6 is 0 Å². The van der Waals surface area contributed by atoms with Crippen molar-refractivity contribution in [2.75, 3.05) is 0 Å². The van der Waals surface area contributed by atoms with Crippen molar-refractivity contribution in [1.29, 1.82) is 0 Å². The molecule has 2 nitrogen and oxygen atoms in total. The van der Waals surface area contributed by atoms with Crippen LogP contribution in [0.3, 0.4) is 0 Å². The Balaban J connectivity index is 2.24. The van der Waals surface area contributed by atoms with Gasteiger partial charge in [0.25, 0.3) is 0 Å². The number of ether oxygens (including phenoxy) is 1. The van der Waals surface area contributed by atoms with Crippen molar-refractivity contribution >= 4 is 5.78 Å². The lowest BCUT2D eigenvalue weighted by Gasteiger charge is -2.08. The largest absolute Gasteiger partial charge is 0.456 e. The van der Waals surface area contributed by atoms with Gasteiger partial charge in [0.05, 0.1) is 5.56 Å². The molecule has 0 atom stereocenters. The van der Waals surface area contributed by atoms with Crippen molar-refractivity contribution in [3.05, 3.63) is 58.9 Å². The van der Waals surface area contributed by atoms with E-state index in [-0.39, 0.29) is 29.0 Å². The molecule has 3 rings (SSSR count). The number of carbonyl (C=O) groups is 1. The lowest BCUT2D eigenvalue weighted by atomic mass is 10.0. The second-order valence-electron chi connectivity index (χ2n) is 4.18. The Morgan fingerprint density at radius 2 is 1.79 bits per heavy atom. The molecule has 0 spiro atoms. The van der Waals surface area contributed by atoms with E-state index in [1.807, 2.05) is 0 Å². The van der Waals surface area contributed by atoms with Crippen LogP contribution in [0.1, 0.15) is 15.9 Å². The summed E-state index contributed by atoms with van der Waals surface area (Å²) in [4.78, 5) is 11.9. The van der Waals surface area contributed by atoms with Gasteiger partial charge in [0.2, 0.25) is 0 Å². The van der Waals surface area contributed by atoms with Gasteiger partial charge in [-0.15, -0.1) is 0 Å². The van der Waals surface area contributed by atoms with Gasteiger partial charge in [0.1, 0.15) is 29.0 Å². The van der Waals surface area contributed by atoms with Gasteiger partial charge in [-0.05, 0) is 12.1 Å². The zero-order valence-corrected chi connectivity index (χ0v) is 9.54. The van der Waals surface area contributed by atoms with E-state index in [1.165, 1.54) is 18.2 Å². The van der Waals surface area contributed by atoms with Gasteiger partial charge in [-0.3, -0.25) is 4.79 Å². The minimum Gasteiger partial charge on any atom is -0.456 e. The van der Waals surface area contributed by atoms with Gasteiger partial charge in [-0.2, -0.15) is 0 Å². The van der Waals surface area contributed by atoms with E-state index >= 15 is 0 Å². The van der Waals surface area contributed by atoms with Crippen LogP contribution in [0.2, 0.25) is 0 Å². The van der Waals surface area contributed by atoms with Gasteiger partial charge >= 0.3 is 0 Å². The van der Waals surface area contributed by atoms with E-state index < -0.39 is 23.2 Å². The molecule has 0 bridgehead atoms. The molecule has 0 aliphatic carbocycles. The van der Waals surface area contributed by atoms with Gasteiger partial charge in [-0.25, -0.2) is 13.2 Å². The number of hydrogen-bond donors (Lipinski definition) is 0. The monoisotopic (exact) mass is 264 g/mol. The highest BCUT2D eigenvalue weighted by Gasteiger charge is 2.27. The summed E-state index contributed by atoms with van der Waals surface area (Å²) < 4.78 is 45.7. The van der Waals surface area contributed by atoms with E-state index in [4.69, 9.17) is 4.74 Å². The number of fused-ring (bicyclic) bond motifs is 2. The molecule has 0 fully saturated rings. The van der Waals surface area contributed by atoms with Gasteiger partial charge in [0, 0.05) is 24.1 Å². The second kappa shape index (κ2) is 4.12. The van der Waals surface area contributed by atoms with E-state index in [0.29, 0.717) is 6.07 Å². The van der Waals surface area contributed by atoms with Crippen LogP contribution in [0.25, 0.3) is 0 Å². The van der Waals surface area contributed by atoms with Gasteiger partial charge in [-0.1, -0.05) is 6.07 Å². The number of Topliss-reactive ketones (excluding diaryl/α,β-unsaturated/α-hetero) is 1. The van der Waals surface area contributed by atoms with E-state index in [9.17, 15) is 18.0 Å². The van der Waals surface area contributed by atoms with Crippen LogP contribution in [-0.4, -0.2) is 5.78 Å². The number of rotatable bonds is 0. The molecule has 2 aromatic carbocycles. The first-order valence-electron chi connectivity index (χ1n) is 5.54.